The first-order chi connectivity index (χ1) is 16.6. The van der Waals surface area contributed by atoms with Crippen LogP contribution in [0.1, 0.15) is 20.7 Å². The number of ether oxygens (including phenoxy) is 1. The Morgan fingerprint density at radius 1 is 0.676 bits per heavy atom. The molecule has 166 valence electrons. The van der Waals surface area contributed by atoms with Crippen molar-refractivity contribution in [1.29, 1.82) is 0 Å². The van der Waals surface area contributed by atoms with E-state index in [0.717, 1.165) is 21.5 Å². The summed E-state index contributed by atoms with van der Waals surface area (Å²) in [5.41, 5.74) is 1.25. The standard InChI is InChI=1S/C29H21NO4/c31-27(22-13-12-20-11-10-19-6-4-5-9-25(19)26(20)18-22)28(34-24-7-2-1-3-8-24)30-23-16-14-21(15-17-23)29(32)33/h1-18,28,30H,(H,32,33). The Balaban J connectivity index is 1.52. The monoisotopic (exact) mass is 447 g/mol. The number of aromatic carboxylic acids is 1. The van der Waals surface area contributed by atoms with Crippen LogP contribution in [0, 0.1) is 0 Å². The number of hydrogen-bond donors (Lipinski definition) is 2. The summed E-state index contributed by atoms with van der Waals surface area (Å²) in [5, 5.41) is 16.5. The fourth-order valence-corrected chi connectivity index (χ4v) is 3.95. The van der Waals surface area contributed by atoms with E-state index in [1.54, 1.807) is 30.3 Å². The number of nitrogens with one attached hydrogen (secondary N) is 1. The Bertz CT molecular complexity index is 1490. The number of Topliss-reactive ketones (excluding diaryl/α,β-unsaturated/α-hetero) is 1. The lowest BCUT2D eigenvalue weighted by atomic mass is 9.98. The molecule has 0 radical (unpaired) electrons. The third-order valence-corrected chi connectivity index (χ3v) is 5.70. The van der Waals surface area contributed by atoms with Crippen LogP contribution in [0.15, 0.2) is 109 Å². The predicted molar refractivity (Wildman–Crippen MR) is 134 cm³/mol. The average Bonchev–Trinajstić information content (AvgIpc) is 2.88. The fourth-order valence-electron chi connectivity index (χ4n) is 3.95. The lowest BCUT2D eigenvalue weighted by Gasteiger charge is -2.21. The molecule has 1 unspecified atom stereocenters. The Hall–Kier alpha value is -4.64. The molecule has 0 aliphatic carbocycles. The van der Waals surface area contributed by atoms with Gasteiger partial charge >= 0.3 is 5.97 Å². The Labute approximate surface area is 196 Å². The van der Waals surface area contributed by atoms with Gasteiger partial charge in [0.1, 0.15) is 5.75 Å². The van der Waals surface area contributed by atoms with Crippen molar-refractivity contribution < 1.29 is 19.4 Å². The molecule has 5 rings (SSSR count). The van der Waals surface area contributed by atoms with Crippen LogP contribution in [0.25, 0.3) is 21.5 Å². The number of hydrogen-bond acceptors (Lipinski definition) is 4. The summed E-state index contributed by atoms with van der Waals surface area (Å²) < 4.78 is 6.03. The summed E-state index contributed by atoms with van der Waals surface area (Å²) in [7, 11) is 0. The zero-order chi connectivity index (χ0) is 23.5. The molecule has 2 N–H and O–H groups in total. The van der Waals surface area contributed by atoms with Crippen molar-refractivity contribution in [3.63, 3.8) is 0 Å². The topological polar surface area (TPSA) is 75.6 Å². The number of benzene rings is 5. The maximum absolute atomic E-state index is 13.6. The highest BCUT2D eigenvalue weighted by Gasteiger charge is 2.23. The molecular formula is C29H21NO4. The molecule has 0 spiro atoms. The molecule has 34 heavy (non-hydrogen) atoms. The largest absolute Gasteiger partial charge is 0.478 e. The Morgan fingerprint density at radius 3 is 2.03 bits per heavy atom. The predicted octanol–water partition coefficient (Wildman–Crippen LogP) is 6.39. The van der Waals surface area contributed by atoms with Crippen LogP contribution in [-0.2, 0) is 0 Å². The molecule has 0 saturated heterocycles. The van der Waals surface area contributed by atoms with E-state index in [0.29, 0.717) is 17.0 Å². The maximum Gasteiger partial charge on any atom is 0.335 e. The Kier molecular flexibility index (Phi) is 5.67. The van der Waals surface area contributed by atoms with Crippen LogP contribution >= 0.6 is 0 Å². The van der Waals surface area contributed by atoms with E-state index in [4.69, 9.17) is 9.84 Å². The first-order valence-corrected chi connectivity index (χ1v) is 10.9. The molecule has 0 aromatic heterocycles. The van der Waals surface area contributed by atoms with Crippen molar-refractivity contribution in [2.45, 2.75) is 6.23 Å². The van der Waals surface area contributed by atoms with Crippen molar-refractivity contribution in [3.05, 3.63) is 120 Å². The van der Waals surface area contributed by atoms with Crippen molar-refractivity contribution >= 4 is 39.0 Å². The third kappa shape index (κ3) is 4.32. The molecule has 5 aromatic carbocycles. The molecule has 5 aromatic rings. The number of fused-ring (bicyclic) bond motifs is 3. The molecule has 0 amide bonds. The minimum absolute atomic E-state index is 0.166. The van der Waals surface area contributed by atoms with Gasteiger partial charge in [0.05, 0.1) is 5.56 Å². The smallest absolute Gasteiger partial charge is 0.335 e. The van der Waals surface area contributed by atoms with Crippen molar-refractivity contribution in [2.75, 3.05) is 5.32 Å². The summed E-state index contributed by atoms with van der Waals surface area (Å²) >= 11 is 0. The molecule has 1 atom stereocenters. The molecule has 0 bridgehead atoms. The summed E-state index contributed by atoms with van der Waals surface area (Å²) in [6.07, 6.45) is -1.01. The van der Waals surface area contributed by atoms with E-state index in [2.05, 4.69) is 11.4 Å². The second-order valence-electron chi connectivity index (χ2n) is 7.92. The van der Waals surface area contributed by atoms with Gasteiger partial charge in [-0.05, 0) is 64.0 Å². The lowest BCUT2D eigenvalue weighted by Crippen LogP contribution is -2.35. The van der Waals surface area contributed by atoms with E-state index in [1.165, 1.54) is 12.1 Å². The summed E-state index contributed by atoms with van der Waals surface area (Å²) in [6.45, 7) is 0. The summed E-state index contributed by atoms with van der Waals surface area (Å²) in [5.74, 6) is -0.703. The average molecular weight is 447 g/mol. The van der Waals surface area contributed by atoms with Gasteiger partial charge in [-0.25, -0.2) is 4.79 Å². The van der Waals surface area contributed by atoms with Crippen LogP contribution in [0.5, 0.6) is 5.75 Å². The van der Waals surface area contributed by atoms with Crippen molar-refractivity contribution in [3.8, 4) is 5.75 Å². The SMILES string of the molecule is O=C(O)c1ccc(NC(Oc2ccccc2)C(=O)c2ccc3ccc4ccccc4c3c2)cc1. The van der Waals surface area contributed by atoms with Gasteiger partial charge in [0.15, 0.2) is 0 Å². The number of carbonyl (C=O) groups excluding carboxylic acids is 1. The minimum atomic E-state index is -1.01. The van der Waals surface area contributed by atoms with Gasteiger partial charge in [-0.1, -0.05) is 66.7 Å². The molecule has 5 nitrogen and oxygen atoms in total. The number of carboxylic acid groups (broad SMARTS) is 1. The van der Waals surface area contributed by atoms with Gasteiger partial charge in [-0.15, -0.1) is 0 Å². The van der Waals surface area contributed by atoms with Gasteiger partial charge in [-0.2, -0.15) is 0 Å². The molecule has 5 heteroatoms. The van der Waals surface area contributed by atoms with E-state index < -0.39 is 12.2 Å². The molecular weight excluding hydrogens is 426 g/mol. The molecule has 0 fully saturated rings. The van der Waals surface area contributed by atoms with Crippen LogP contribution in [0.4, 0.5) is 5.69 Å². The number of ketones is 1. The molecule has 0 aliphatic heterocycles. The number of para-hydroxylation sites is 1. The van der Waals surface area contributed by atoms with Crippen LogP contribution in [-0.4, -0.2) is 23.1 Å². The summed E-state index contributed by atoms with van der Waals surface area (Å²) in [6, 6.07) is 33.1. The first kappa shape index (κ1) is 21.2. The van der Waals surface area contributed by atoms with Crippen molar-refractivity contribution in [2.24, 2.45) is 0 Å². The van der Waals surface area contributed by atoms with Crippen LogP contribution < -0.4 is 10.1 Å². The fraction of sp³-hybridized carbons (Fsp3) is 0.0345. The second-order valence-corrected chi connectivity index (χ2v) is 7.92. The maximum atomic E-state index is 13.6. The molecule has 0 aliphatic rings. The summed E-state index contributed by atoms with van der Waals surface area (Å²) in [4.78, 5) is 24.8. The van der Waals surface area contributed by atoms with Gasteiger partial charge in [-0.3, -0.25) is 4.79 Å². The zero-order valence-corrected chi connectivity index (χ0v) is 18.1. The number of carboxylic acids is 1. The quantitative estimate of drug-likeness (QED) is 0.172. The second kappa shape index (κ2) is 9.08. The Morgan fingerprint density at radius 2 is 1.29 bits per heavy atom. The van der Waals surface area contributed by atoms with E-state index >= 15 is 0 Å². The van der Waals surface area contributed by atoms with E-state index in [-0.39, 0.29) is 11.3 Å². The normalized spacial score (nSPS) is 11.8. The van der Waals surface area contributed by atoms with E-state index in [9.17, 15) is 9.59 Å². The lowest BCUT2D eigenvalue weighted by molar-refractivity contribution is 0.0696. The van der Waals surface area contributed by atoms with E-state index in [1.807, 2.05) is 60.7 Å². The highest BCUT2D eigenvalue weighted by atomic mass is 16.5. The molecule has 0 saturated carbocycles. The number of carbonyl (C=O) groups is 2. The van der Waals surface area contributed by atoms with Gasteiger partial charge in [0.25, 0.3) is 0 Å². The third-order valence-electron chi connectivity index (χ3n) is 5.70. The number of rotatable bonds is 7. The first-order valence-electron chi connectivity index (χ1n) is 10.9. The van der Waals surface area contributed by atoms with Crippen molar-refractivity contribution in [1.82, 2.24) is 0 Å². The minimum Gasteiger partial charge on any atom is -0.478 e. The highest BCUT2D eigenvalue weighted by Crippen LogP contribution is 2.27. The van der Waals surface area contributed by atoms with Crippen LogP contribution in [0.2, 0.25) is 0 Å². The zero-order valence-electron chi connectivity index (χ0n) is 18.1. The van der Waals surface area contributed by atoms with Gasteiger partial charge in [0, 0.05) is 11.3 Å². The van der Waals surface area contributed by atoms with Gasteiger partial charge < -0.3 is 15.2 Å². The highest BCUT2D eigenvalue weighted by molar-refractivity contribution is 6.11. The van der Waals surface area contributed by atoms with Crippen LogP contribution in [0.3, 0.4) is 0 Å². The number of anilines is 1. The van der Waals surface area contributed by atoms with Gasteiger partial charge in [0.2, 0.25) is 12.0 Å². The molecule has 0 heterocycles.